The highest BCUT2D eigenvalue weighted by Gasteiger charge is 2.15. The van der Waals surface area contributed by atoms with Crippen LogP contribution in [0.15, 0.2) is 77.4 Å². The molecule has 0 radical (unpaired) electrons. The van der Waals surface area contributed by atoms with Crippen molar-refractivity contribution in [2.24, 2.45) is 4.99 Å². The zero-order valence-electron chi connectivity index (χ0n) is 10.9. The molecule has 0 saturated heterocycles. The summed E-state index contributed by atoms with van der Waals surface area (Å²) in [6, 6.07) is 20.6. The summed E-state index contributed by atoms with van der Waals surface area (Å²) in [5, 5.41) is 3.41. The van der Waals surface area contributed by atoms with Gasteiger partial charge in [0.25, 0.3) is 0 Å². The van der Waals surface area contributed by atoms with Gasteiger partial charge in [-0.05, 0) is 24.1 Å². The first kappa shape index (κ1) is 11.7. The molecule has 1 N–H and O–H groups in total. The third-order valence-electron chi connectivity index (χ3n) is 3.17. The lowest BCUT2D eigenvalue weighted by Gasteiger charge is -2.22. The van der Waals surface area contributed by atoms with Crippen molar-refractivity contribution in [1.29, 1.82) is 0 Å². The maximum absolute atomic E-state index is 4.80. The molecule has 2 aromatic rings. The molecular weight excluding hydrogens is 232 g/mol. The minimum atomic E-state index is 0.00130. The van der Waals surface area contributed by atoms with Gasteiger partial charge in [-0.2, -0.15) is 0 Å². The predicted octanol–water partition coefficient (Wildman–Crippen LogP) is 3.68. The van der Waals surface area contributed by atoms with Crippen LogP contribution in [0.1, 0.15) is 24.2 Å². The summed E-state index contributed by atoms with van der Waals surface area (Å²) in [6.45, 7) is 2.08. The van der Waals surface area contributed by atoms with Gasteiger partial charge in [0.2, 0.25) is 0 Å². The number of allylic oxidation sites excluding steroid dienone is 2. The molecule has 2 heteroatoms. The number of aliphatic imine (C=N–C) groups is 1. The summed E-state index contributed by atoms with van der Waals surface area (Å²) < 4.78 is 0. The fourth-order valence-corrected chi connectivity index (χ4v) is 2.23. The van der Waals surface area contributed by atoms with Gasteiger partial charge in [-0.25, -0.2) is 0 Å². The Bertz CT molecular complexity index is 612. The first-order valence-electron chi connectivity index (χ1n) is 6.46. The van der Waals surface area contributed by atoms with Gasteiger partial charge in [-0.1, -0.05) is 60.7 Å². The number of benzene rings is 2. The monoisotopic (exact) mass is 248 g/mol. The molecule has 1 aliphatic heterocycles. The smallest absolute Gasteiger partial charge is 0.145 e. The second-order valence-electron chi connectivity index (χ2n) is 4.67. The lowest BCUT2D eigenvalue weighted by molar-refractivity contribution is 0.620. The molecular formula is C17H16N2. The van der Waals surface area contributed by atoms with Crippen LogP contribution >= 0.6 is 0 Å². The van der Waals surface area contributed by atoms with E-state index in [2.05, 4.69) is 42.6 Å². The Kier molecular flexibility index (Phi) is 3.15. The van der Waals surface area contributed by atoms with E-state index in [1.165, 1.54) is 5.56 Å². The molecule has 0 aliphatic carbocycles. The fraction of sp³-hybridized carbons (Fsp3) is 0.118. The Morgan fingerprint density at radius 3 is 2.21 bits per heavy atom. The van der Waals surface area contributed by atoms with Crippen LogP contribution in [0.4, 0.5) is 0 Å². The summed E-state index contributed by atoms with van der Waals surface area (Å²) in [7, 11) is 0. The van der Waals surface area contributed by atoms with E-state index in [4.69, 9.17) is 4.99 Å². The van der Waals surface area contributed by atoms with Crippen LogP contribution in [0.25, 0.3) is 0 Å². The second-order valence-corrected chi connectivity index (χ2v) is 4.67. The van der Waals surface area contributed by atoms with Gasteiger partial charge in [-0.3, -0.25) is 4.99 Å². The van der Waals surface area contributed by atoms with Crippen LogP contribution in [0, 0.1) is 0 Å². The zero-order chi connectivity index (χ0) is 13.1. The molecule has 0 fully saturated rings. The highest BCUT2D eigenvalue weighted by atomic mass is 15.1. The van der Waals surface area contributed by atoms with Gasteiger partial charge in [0.15, 0.2) is 0 Å². The van der Waals surface area contributed by atoms with Gasteiger partial charge >= 0.3 is 0 Å². The summed E-state index contributed by atoms with van der Waals surface area (Å²) in [5.74, 6) is 0. The fourth-order valence-electron chi connectivity index (χ4n) is 2.23. The van der Waals surface area contributed by atoms with Crippen LogP contribution in [-0.2, 0) is 0 Å². The van der Waals surface area contributed by atoms with Gasteiger partial charge in [0, 0.05) is 5.70 Å². The molecule has 0 aromatic heterocycles. The van der Waals surface area contributed by atoms with Crippen molar-refractivity contribution >= 4 is 5.71 Å². The number of nitrogens with zero attached hydrogens (tertiary/aromatic N) is 1. The first-order chi connectivity index (χ1) is 9.33. The van der Waals surface area contributed by atoms with E-state index in [9.17, 15) is 0 Å². The van der Waals surface area contributed by atoms with Gasteiger partial charge in [0.1, 0.15) is 6.17 Å². The molecule has 0 bridgehead atoms. The molecule has 2 aromatic carbocycles. The molecule has 19 heavy (non-hydrogen) atoms. The van der Waals surface area contributed by atoms with Gasteiger partial charge < -0.3 is 5.32 Å². The van der Waals surface area contributed by atoms with Crippen molar-refractivity contribution in [3.63, 3.8) is 0 Å². The third-order valence-corrected chi connectivity index (χ3v) is 3.17. The summed E-state index contributed by atoms with van der Waals surface area (Å²) in [4.78, 5) is 4.80. The molecule has 1 aliphatic rings. The minimum Gasteiger partial charge on any atom is -0.364 e. The minimum absolute atomic E-state index is 0.00130. The van der Waals surface area contributed by atoms with E-state index in [1.807, 2.05) is 36.4 Å². The first-order valence-corrected chi connectivity index (χ1v) is 6.46. The largest absolute Gasteiger partial charge is 0.364 e. The van der Waals surface area contributed by atoms with Crippen molar-refractivity contribution in [3.05, 3.63) is 83.6 Å². The van der Waals surface area contributed by atoms with E-state index in [1.54, 1.807) is 0 Å². The Hall–Kier alpha value is -2.35. The topological polar surface area (TPSA) is 24.4 Å². The Morgan fingerprint density at radius 1 is 0.895 bits per heavy atom. The number of hydrogen-bond donors (Lipinski definition) is 1. The molecule has 0 saturated carbocycles. The lowest BCUT2D eigenvalue weighted by Crippen LogP contribution is -2.24. The van der Waals surface area contributed by atoms with Crippen molar-refractivity contribution < 1.29 is 0 Å². The van der Waals surface area contributed by atoms with Crippen LogP contribution in [-0.4, -0.2) is 5.71 Å². The van der Waals surface area contributed by atoms with Crippen molar-refractivity contribution in [1.82, 2.24) is 5.32 Å². The molecule has 1 heterocycles. The second kappa shape index (κ2) is 5.11. The highest BCUT2D eigenvalue weighted by Crippen LogP contribution is 2.21. The molecule has 94 valence electrons. The van der Waals surface area contributed by atoms with Crippen molar-refractivity contribution in [3.8, 4) is 0 Å². The zero-order valence-corrected chi connectivity index (χ0v) is 10.9. The molecule has 0 amide bonds. The summed E-state index contributed by atoms with van der Waals surface area (Å²) in [6.07, 6.45) is 2.09. The van der Waals surface area contributed by atoms with E-state index in [-0.39, 0.29) is 6.17 Å². The Balaban J connectivity index is 1.98. The Labute approximate surface area is 113 Å². The molecule has 3 rings (SSSR count). The van der Waals surface area contributed by atoms with Crippen molar-refractivity contribution in [2.75, 3.05) is 0 Å². The highest BCUT2D eigenvalue weighted by molar-refractivity contribution is 6.09. The van der Waals surface area contributed by atoms with Crippen molar-refractivity contribution in [2.45, 2.75) is 13.1 Å². The van der Waals surface area contributed by atoms with Gasteiger partial charge in [-0.15, -0.1) is 0 Å². The standard InChI is InChI=1S/C17H16N2/c1-13-12-16(14-8-4-2-5-9-14)19-17(18-13)15-10-6-3-7-11-15/h2-12,17-18H,1H3. The van der Waals surface area contributed by atoms with E-state index >= 15 is 0 Å². The van der Waals surface area contributed by atoms with Crippen LogP contribution in [0.3, 0.4) is 0 Å². The van der Waals surface area contributed by atoms with Crippen LogP contribution in [0.5, 0.6) is 0 Å². The quantitative estimate of drug-likeness (QED) is 0.861. The SMILES string of the molecule is CC1=CC(c2ccccc2)=NC(c2ccccc2)N1. The number of rotatable bonds is 2. The maximum atomic E-state index is 4.80. The van der Waals surface area contributed by atoms with Crippen LogP contribution in [0.2, 0.25) is 0 Å². The lowest BCUT2D eigenvalue weighted by atomic mass is 10.1. The van der Waals surface area contributed by atoms with E-state index in [0.29, 0.717) is 0 Å². The molecule has 1 unspecified atom stereocenters. The Morgan fingerprint density at radius 2 is 1.53 bits per heavy atom. The molecule has 0 spiro atoms. The number of hydrogen-bond acceptors (Lipinski definition) is 2. The number of nitrogens with one attached hydrogen (secondary N) is 1. The van der Waals surface area contributed by atoms with E-state index < -0.39 is 0 Å². The third kappa shape index (κ3) is 2.58. The van der Waals surface area contributed by atoms with E-state index in [0.717, 1.165) is 17.0 Å². The normalized spacial score (nSPS) is 18.3. The average molecular weight is 248 g/mol. The van der Waals surface area contributed by atoms with Crippen LogP contribution < -0.4 is 5.32 Å². The summed E-state index contributed by atoms with van der Waals surface area (Å²) in [5.41, 5.74) is 4.51. The predicted molar refractivity (Wildman–Crippen MR) is 79.1 cm³/mol. The van der Waals surface area contributed by atoms with Gasteiger partial charge in [0.05, 0.1) is 5.71 Å². The molecule has 2 nitrogen and oxygen atoms in total. The summed E-state index contributed by atoms with van der Waals surface area (Å²) >= 11 is 0. The maximum Gasteiger partial charge on any atom is 0.145 e. The molecule has 1 atom stereocenters. The average Bonchev–Trinajstić information content (AvgIpc) is 2.48.